The number of hydrazine groups is 1. The van der Waals surface area contributed by atoms with E-state index in [1.54, 1.807) is 4.90 Å². The van der Waals surface area contributed by atoms with Crippen molar-refractivity contribution in [2.45, 2.75) is 32.1 Å². The van der Waals surface area contributed by atoms with Crippen LogP contribution >= 0.6 is 0 Å². The van der Waals surface area contributed by atoms with Crippen LogP contribution in [0.3, 0.4) is 0 Å². The lowest BCUT2D eigenvalue weighted by Crippen LogP contribution is -3.12. The molecule has 3 atom stereocenters. The molecule has 0 aromatic carbocycles. The third kappa shape index (κ3) is 2.69. The zero-order chi connectivity index (χ0) is 12.5. The van der Waals surface area contributed by atoms with E-state index in [2.05, 4.69) is 17.5 Å². The average molecular weight is 252 g/mol. The van der Waals surface area contributed by atoms with Crippen LogP contribution in [0.25, 0.3) is 0 Å². The van der Waals surface area contributed by atoms with Crippen LogP contribution in [0, 0.1) is 17.8 Å². The van der Waals surface area contributed by atoms with E-state index in [4.69, 9.17) is 0 Å². The molecule has 0 radical (unpaired) electrons. The highest BCUT2D eigenvalue weighted by atomic mass is 16.2. The molecular formula is C14H26N3O+. The average Bonchev–Trinajstić information content (AvgIpc) is 2.94. The number of likely N-dealkylation sites (N-methyl/N-ethyl adjacent to an activating group) is 1. The molecule has 1 amide bonds. The summed E-state index contributed by atoms with van der Waals surface area (Å²) in [4.78, 5) is 13.6. The zero-order valence-corrected chi connectivity index (χ0v) is 11.5. The lowest BCUT2D eigenvalue weighted by molar-refractivity contribution is -0.884. The molecule has 0 spiro atoms. The number of carbonyl (C=O) groups excluding carboxylic acids is 1. The summed E-state index contributed by atoms with van der Waals surface area (Å²) in [6.45, 7) is 4.26. The second kappa shape index (κ2) is 5.17. The minimum Gasteiger partial charge on any atom is -0.335 e. The normalized spacial score (nSPS) is 37.1. The van der Waals surface area contributed by atoms with Gasteiger partial charge in [-0.2, -0.15) is 0 Å². The number of hydrogen-bond donors (Lipinski definition) is 2. The molecule has 3 fully saturated rings. The maximum atomic E-state index is 12.1. The van der Waals surface area contributed by atoms with E-state index < -0.39 is 0 Å². The Morgan fingerprint density at radius 2 is 2.06 bits per heavy atom. The molecular weight excluding hydrogens is 226 g/mol. The highest BCUT2D eigenvalue weighted by molar-refractivity contribution is 5.75. The molecule has 4 heteroatoms. The Hall–Kier alpha value is -0.610. The van der Waals surface area contributed by atoms with Gasteiger partial charge in [0.05, 0.1) is 33.2 Å². The third-order valence-electron chi connectivity index (χ3n) is 5.23. The van der Waals surface area contributed by atoms with E-state index in [1.807, 2.05) is 0 Å². The van der Waals surface area contributed by atoms with Gasteiger partial charge in [0.1, 0.15) is 0 Å². The maximum Gasteiger partial charge on any atom is 0.234 e. The molecule has 0 aromatic rings. The minimum absolute atomic E-state index is 0.257. The summed E-state index contributed by atoms with van der Waals surface area (Å²) in [6.07, 6.45) is 6.27. The molecule has 4 nitrogen and oxygen atoms in total. The van der Waals surface area contributed by atoms with E-state index >= 15 is 0 Å². The number of fused-ring (bicyclic) bond motifs is 2. The second-order valence-corrected chi connectivity index (χ2v) is 6.62. The SMILES string of the molecule is C[NH+]1CCN(NC(=O)C[C@@H]2C[C@@H]3CC[C@H]2C3)CC1. The Bertz CT molecular complexity index is 312. The molecule has 1 aliphatic heterocycles. The van der Waals surface area contributed by atoms with Crippen LogP contribution in [-0.4, -0.2) is 44.1 Å². The van der Waals surface area contributed by atoms with Gasteiger partial charge in [0.25, 0.3) is 0 Å². The van der Waals surface area contributed by atoms with E-state index in [0.717, 1.165) is 44.4 Å². The molecule has 102 valence electrons. The van der Waals surface area contributed by atoms with Crippen molar-refractivity contribution in [2.24, 2.45) is 17.8 Å². The Labute approximate surface area is 110 Å². The second-order valence-electron chi connectivity index (χ2n) is 6.62. The van der Waals surface area contributed by atoms with E-state index in [0.29, 0.717) is 5.92 Å². The number of nitrogens with zero attached hydrogens (tertiary/aromatic N) is 1. The maximum absolute atomic E-state index is 12.1. The number of rotatable bonds is 3. The topological polar surface area (TPSA) is 36.8 Å². The molecule has 2 bridgehead atoms. The Morgan fingerprint density at radius 1 is 1.28 bits per heavy atom. The van der Waals surface area contributed by atoms with Gasteiger partial charge in [0.15, 0.2) is 0 Å². The molecule has 2 aliphatic carbocycles. The Kier molecular flexibility index (Phi) is 3.57. The number of amides is 1. The van der Waals surface area contributed by atoms with Crippen LogP contribution < -0.4 is 10.3 Å². The van der Waals surface area contributed by atoms with E-state index in [9.17, 15) is 4.79 Å². The van der Waals surface area contributed by atoms with Gasteiger partial charge in [-0.25, -0.2) is 5.01 Å². The van der Waals surface area contributed by atoms with Gasteiger partial charge in [0.2, 0.25) is 5.91 Å². The van der Waals surface area contributed by atoms with Crippen molar-refractivity contribution in [1.29, 1.82) is 0 Å². The van der Waals surface area contributed by atoms with Crippen molar-refractivity contribution in [1.82, 2.24) is 10.4 Å². The van der Waals surface area contributed by atoms with Crippen molar-refractivity contribution < 1.29 is 9.69 Å². The largest absolute Gasteiger partial charge is 0.335 e. The molecule has 2 saturated carbocycles. The standard InChI is InChI=1S/C14H25N3O/c1-16-4-6-17(7-5-16)15-14(18)10-13-9-11-2-3-12(13)8-11/h11-13H,2-10H2,1H3,(H,15,18)/p+1/t11-,12+,13+/m1/s1. The van der Waals surface area contributed by atoms with Crippen molar-refractivity contribution in [3.05, 3.63) is 0 Å². The van der Waals surface area contributed by atoms with Crippen LogP contribution in [-0.2, 0) is 4.79 Å². The van der Waals surface area contributed by atoms with Gasteiger partial charge >= 0.3 is 0 Å². The number of hydrogen-bond acceptors (Lipinski definition) is 2. The first-order chi connectivity index (χ1) is 8.70. The molecule has 0 aromatic heterocycles. The van der Waals surface area contributed by atoms with Gasteiger partial charge in [0, 0.05) is 6.42 Å². The smallest absolute Gasteiger partial charge is 0.234 e. The molecule has 3 aliphatic rings. The first-order valence-electron chi connectivity index (χ1n) is 7.56. The fourth-order valence-electron chi connectivity index (χ4n) is 4.09. The first kappa shape index (κ1) is 12.4. The first-order valence-corrected chi connectivity index (χ1v) is 7.56. The number of carbonyl (C=O) groups is 1. The molecule has 2 N–H and O–H groups in total. The van der Waals surface area contributed by atoms with Crippen molar-refractivity contribution >= 4 is 5.91 Å². The molecule has 1 saturated heterocycles. The van der Waals surface area contributed by atoms with Gasteiger partial charge in [-0.05, 0) is 37.0 Å². The molecule has 18 heavy (non-hydrogen) atoms. The number of quaternary nitrogens is 1. The number of nitrogens with one attached hydrogen (secondary N) is 2. The van der Waals surface area contributed by atoms with Gasteiger partial charge in [-0.15, -0.1) is 0 Å². The quantitative estimate of drug-likeness (QED) is 0.722. The minimum atomic E-state index is 0.257. The third-order valence-corrected chi connectivity index (χ3v) is 5.23. The molecule has 3 rings (SSSR count). The summed E-state index contributed by atoms with van der Waals surface area (Å²) >= 11 is 0. The van der Waals surface area contributed by atoms with Gasteiger partial charge in [-0.1, -0.05) is 6.42 Å². The van der Waals surface area contributed by atoms with Crippen LogP contribution in [0.1, 0.15) is 32.1 Å². The molecule has 0 unspecified atom stereocenters. The monoisotopic (exact) mass is 252 g/mol. The lowest BCUT2D eigenvalue weighted by atomic mass is 9.86. The highest BCUT2D eigenvalue weighted by Gasteiger charge is 2.40. The van der Waals surface area contributed by atoms with Crippen LogP contribution in [0.4, 0.5) is 0 Å². The van der Waals surface area contributed by atoms with E-state index in [-0.39, 0.29) is 5.91 Å². The zero-order valence-electron chi connectivity index (χ0n) is 11.5. The summed E-state index contributed by atoms with van der Waals surface area (Å²) in [5.41, 5.74) is 3.11. The predicted octanol–water partition coefficient (Wildman–Crippen LogP) is -0.326. The van der Waals surface area contributed by atoms with Crippen LogP contribution in [0.5, 0.6) is 0 Å². The lowest BCUT2D eigenvalue weighted by Gasteiger charge is -2.31. The number of piperazine rings is 1. The highest BCUT2D eigenvalue weighted by Crippen LogP contribution is 2.49. The predicted molar refractivity (Wildman–Crippen MR) is 69.9 cm³/mol. The van der Waals surface area contributed by atoms with Gasteiger partial charge < -0.3 is 4.90 Å². The Morgan fingerprint density at radius 3 is 2.67 bits per heavy atom. The summed E-state index contributed by atoms with van der Waals surface area (Å²) in [5.74, 6) is 2.74. The van der Waals surface area contributed by atoms with Crippen LogP contribution in [0.15, 0.2) is 0 Å². The summed E-state index contributed by atoms with van der Waals surface area (Å²) in [7, 11) is 2.22. The summed E-state index contributed by atoms with van der Waals surface area (Å²) < 4.78 is 0. The van der Waals surface area contributed by atoms with Crippen LogP contribution in [0.2, 0.25) is 0 Å². The Balaban J connectivity index is 1.42. The van der Waals surface area contributed by atoms with Crippen molar-refractivity contribution in [2.75, 3.05) is 33.2 Å². The molecule has 1 heterocycles. The van der Waals surface area contributed by atoms with Crippen molar-refractivity contribution in [3.63, 3.8) is 0 Å². The van der Waals surface area contributed by atoms with Crippen molar-refractivity contribution in [3.8, 4) is 0 Å². The summed E-state index contributed by atoms with van der Waals surface area (Å²) in [6, 6.07) is 0. The van der Waals surface area contributed by atoms with Gasteiger partial charge in [-0.3, -0.25) is 10.2 Å². The van der Waals surface area contributed by atoms with E-state index in [1.165, 1.54) is 25.7 Å². The fraction of sp³-hybridized carbons (Fsp3) is 0.929. The fourth-order valence-corrected chi connectivity index (χ4v) is 4.09. The summed E-state index contributed by atoms with van der Waals surface area (Å²) in [5, 5.41) is 2.11.